The number of hydrogen-bond donors (Lipinski definition) is 2. The monoisotopic (exact) mass is 291 g/mol. The lowest BCUT2D eigenvalue weighted by molar-refractivity contribution is -0.140. The number of thioether (sulfide) groups is 1. The summed E-state index contributed by atoms with van der Waals surface area (Å²) in [7, 11) is 1.57. The second-order valence-electron chi connectivity index (χ2n) is 3.78. The summed E-state index contributed by atoms with van der Waals surface area (Å²) in [5.74, 6) is 0.128. The molecule has 1 fully saturated rings. The van der Waals surface area contributed by atoms with Crippen LogP contribution < -0.4 is 15.3 Å². The van der Waals surface area contributed by atoms with E-state index in [0.29, 0.717) is 16.5 Å². The number of methoxy groups -OCH3 is 1. The average Bonchev–Trinajstić information content (AvgIpc) is 3.05. The van der Waals surface area contributed by atoms with E-state index in [9.17, 15) is 4.79 Å². The van der Waals surface area contributed by atoms with Crippen LogP contribution in [-0.4, -0.2) is 18.2 Å². The molecule has 0 bridgehead atoms. The second kappa shape index (κ2) is 4.94. The Morgan fingerprint density at radius 2 is 2.10 bits per heavy atom. The van der Waals surface area contributed by atoms with Crippen molar-refractivity contribution in [3.05, 3.63) is 35.0 Å². The highest BCUT2D eigenvalue weighted by Crippen LogP contribution is 2.34. The Balaban J connectivity index is 1.97. The van der Waals surface area contributed by atoms with E-state index < -0.39 is 5.97 Å². The third kappa shape index (κ3) is 2.12. The first kappa shape index (κ1) is 12.6. The quantitative estimate of drug-likeness (QED) is 0.806. The molecule has 1 aromatic carbocycles. The molecule has 0 amide bonds. The summed E-state index contributed by atoms with van der Waals surface area (Å²) in [6.07, 6.45) is 0. The minimum absolute atomic E-state index is 0.0295. The van der Waals surface area contributed by atoms with Crippen molar-refractivity contribution in [1.29, 1.82) is 5.41 Å². The molecule has 0 unspecified atom stereocenters. The number of anilines is 1. The van der Waals surface area contributed by atoms with Gasteiger partial charge in [0.1, 0.15) is 5.75 Å². The first-order chi connectivity index (χ1) is 9.69. The zero-order valence-electron chi connectivity index (χ0n) is 10.3. The van der Waals surface area contributed by atoms with Crippen molar-refractivity contribution < 1.29 is 14.4 Å². The van der Waals surface area contributed by atoms with Gasteiger partial charge in [0, 0.05) is 0 Å². The fourth-order valence-corrected chi connectivity index (χ4v) is 2.31. The van der Waals surface area contributed by atoms with Gasteiger partial charge in [0.05, 0.1) is 12.8 Å². The van der Waals surface area contributed by atoms with Crippen LogP contribution in [0.1, 0.15) is 0 Å². The standard InChI is InChI=1S/C11H9N5O3S/c1-18-7-4-2-6(3-5-7)16-8(10(17)19-15-16)9-13-14-11(12)20-9/h2-5,12,15H,1H3. The lowest BCUT2D eigenvalue weighted by Gasteiger charge is -2.15. The molecule has 0 aliphatic carbocycles. The lowest BCUT2D eigenvalue weighted by Crippen LogP contribution is -2.28. The summed E-state index contributed by atoms with van der Waals surface area (Å²) in [6.45, 7) is 0. The summed E-state index contributed by atoms with van der Waals surface area (Å²) in [6, 6.07) is 7.04. The number of nitrogens with one attached hydrogen (secondary N) is 2. The highest BCUT2D eigenvalue weighted by molar-refractivity contribution is 8.17. The van der Waals surface area contributed by atoms with E-state index in [1.165, 1.54) is 5.01 Å². The molecular weight excluding hydrogens is 282 g/mol. The molecule has 3 rings (SSSR count). The number of benzene rings is 1. The molecule has 2 aliphatic heterocycles. The van der Waals surface area contributed by atoms with Gasteiger partial charge < -0.3 is 9.57 Å². The lowest BCUT2D eigenvalue weighted by atomic mass is 10.3. The van der Waals surface area contributed by atoms with Crippen molar-refractivity contribution in [3.8, 4) is 5.75 Å². The van der Waals surface area contributed by atoms with Gasteiger partial charge in [0.15, 0.2) is 10.7 Å². The third-order valence-corrected chi connectivity index (χ3v) is 3.35. The number of hydrogen-bond acceptors (Lipinski definition) is 8. The maximum Gasteiger partial charge on any atom is 0.379 e. The van der Waals surface area contributed by atoms with Gasteiger partial charge in [-0.05, 0) is 36.0 Å². The molecule has 9 heteroatoms. The highest BCUT2D eigenvalue weighted by atomic mass is 32.2. The first-order valence-corrected chi connectivity index (χ1v) is 6.34. The highest BCUT2D eigenvalue weighted by Gasteiger charge is 2.35. The van der Waals surface area contributed by atoms with E-state index in [1.807, 2.05) is 0 Å². The van der Waals surface area contributed by atoms with Gasteiger partial charge in [-0.25, -0.2) is 9.80 Å². The molecule has 1 saturated heterocycles. The summed E-state index contributed by atoms with van der Waals surface area (Å²) in [5, 5.41) is 16.6. The van der Waals surface area contributed by atoms with Gasteiger partial charge in [-0.3, -0.25) is 5.41 Å². The number of hydrazine groups is 1. The van der Waals surface area contributed by atoms with Gasteiger partial charge >= 0.3 is 5.97 Å². The van der Waals surface area contributed by atoms with Crippen LogP contribution in [0.3, 0.4) is 0 Å². The van der Waals surface area contributed by atoms with Crippen LogP contribution in [0.15, 0.2) is 45.2 Å². The Kier molecular flexibility index (Phi) is 3.12. The van der Waals surface area contributed by atoms with Crippen LogP contribution in [0.25, 0.3) is 0 Å². The predicted octanol–water partition coefficient (Wildman–Crippen LogP) is 1.78. The van der Waals surface area contributed by atoms with Gasteiger partial charge in [-0.1, -0.05) is 5.59 Å². The first-order valence-electron chi connectivity index (χ1n) is 5.52. The summed E-state index contributed by atoms with van der Waals surface area (Å²) >= 11 is 0.995. The van der Waals surface area contributed by atoms with Crippen molar-refractivity contribution in [2.24, 2.45) is 10.2 Å². The van der Waals surface area contributed by atoms with Crippen molar-refractivity contribution in [1.82, 2.24) is 5.59 Å². The average molecular weight is 291 g/mol. The molecule has 20 heavy (non-hydrogen) atoms. The van der Waals surface area contributed by atoms with Gasteiger partial charge in [0.25, 0.3) is 0 Å². The Morgan fingerprint density at radius 3 is 2.70 bits per heavy atom. The minimum atomic E-state index is -0.572. The van der Waals surface area contributed by atoms with E-state index in [0.717, 1.165) is 11.8 Å². The predicted molar refractivity (Wildman–Crippen MR) is 71.9 cm³/mol. The van der Waals surface area contributed by atoms with E-state index in [2.05, 4.69) is 15.8 Å². The van der Waals surface area contributed by atoms with Crippen LogP contribution in [0, 0.1) is 5.41 Å². The molecule has 1 aromatic rings. The van der Waals surface area contributed by atoms with E-state index in [-0.39, 0.29) is 10.9 Å². The molecule has 2 N–H and O–H groups in total. The van der Waals surface area contributed by atoms with Crippen molar-refractivity contribution in [2.45, 2.75) is 0 Å². The molecule has 0 radical (unpaired) electrons. The van der Waals surface area contributed by atoms with E-state index >= 15 is 0 Å². The van der Waals surface area contributed by atoms with Crippen LogP contribution in [0.2, 0.25) is 0 Å². The van der Waals surface area contributed by atoms with E-state index in [1.54, 1.807) is 31.4 Å². The van der Waals surface area contributed by atoms with Crippen LogP contribution in [-0.2, 0) is 9.63 Å². The minimum Gasteiger partial charge on any atom is -0.497 e. The molecule has 8 nitrogen and oxygen atoms in total. The third-order valence-electron chi connectivity index (χ3n) is 2.60. The maximum atomic E-state index is 11.8. The van der Waals surface area contributed by atoms with Gasteiger partial charge in [-0.2, -0.15) is 0 Å². The molecule has 0 aromatic heterocycles. The summed E-state index contributed by atoms with van der Waals surface area (Å²) in [4.78, 5) is 16.6. The number of azo groups is 1. The van der Waals surface area contributed by atoms with Crippen molar-refractivity contribution >= 4 is 28.6 Å². The normalized spacial score (nSPS) is 21.6. The fraction of sp³-hybridized carbons (Fsp3) is 0.0909. The molecule has 102 valence electrons. The zero-order chi connectivity index (χ0) is 14.1. The molecule has 0 spiro atoms. The van der Waals surface area contributed by atoms with Crippen LogP contribution in [0.4, 0.5) is 5.69 Å². The maximum absolute atomic E-state index is 11.8. The smallest absolute Gasteiger partial charge is 0.379 e. The molecular formula is C11H9N5O3S. The van der Waals surface area contributed by atoms with Crippen LogP contribution >= 0.6 is 11.8 Å². The summed E-state index contributed by atoms with van der Waals surface area (Å²) < 4.78 is 5.08. The number of rotatable bonds is 2. The summed E-state index contributed by atoms with van der Waals surface area (Å²) in [5.41, 5.74) is 3.38. The van der Waals surface area contributed by atoms with Crippen molar-refractivity contribution in [2.75, 3.05) is 12.1 Å². The molecule has 0 atom stereocenters. The largest absolute Gasteiger partial charge is 0.497 e. The number of ether oxygens (including phenoxy) is 1. The topological polar surface area (TPSA) is 99.4 Å². The Bertz CT molecular complexity index is 640. The van der Waals surface area contributed by atoms with Crippen LogP contribution in [0.5, 0.6) is 5.75 Å². The fourth-order valence-electron chi connectivity index (χ4n) is 1.69. The number of carbonyl (C=O) groups is 1. The molecule has 2 heterocycles. The number of carbonyl (C=O) groups excluding carboxylic acids is 1. The number of amidine groups is 1. The van der Waals surface area contributed by atoms with Gasteiger partial charge in [0.2, 0.25) is 5.17 Å². The molecule has 0 saturated carbocycles. The van der Waals surface area contributed by atoms with Gasteiger partial charge in [-0.15, -0.1) is 10.2 Å². The Hall–Kier alpha value is -2.39. The number of nitrogens with zero attached hydrogens (tertiary/aromatic N) is 3. The second-order valence-corrected chi connectivity index (χ2v) is 4.75. The van der Waals surface area contributed by atoms with E-state index in [4.69, 9.17) is 15.0 Å². The zero-order valence-corrected chi connectivity index (χ0v) is 11.1. The Labute approximate surface area is 117 Å². The SMILES string of the molecule is COc1ccc(N2NOC(=O)C2=C2N=NC(=N)S2)cc1. The van der Waals surface area contributed by atoms with Crippen molar-refractivity contribution in [3.63, 3.8) is 0 Å². The Morgan fingerprint density at radius 1 is 1.35 bits per heavy atom. The molecule has 2 aliphatic rings.